The third-order valence-electron chi connectivity index (χ3n) is 3.17. The van der Waals surface area contributed by atoms with Gasteiger partial charge < -0.3 is 9.73 Å². The third kappa shape index (κ3) is 3.45. The molecular formula is C16H13FN2O3S. The Labute approximate surface area is 136 Å². The standard InChI is InChI=1S/C16H13FN2O3S/c1-10-5-6-13(22-10)8-14-15(20)19(16(21)23-14)9-18-12-4-2-3-11(17)7-12/h2-8,18H,9H2,1H3/b14-8-. The molecule has 0 spiro atoms. The number of rotatable bonds is 4. The molecule has 0 unspecified atom stereocenters. The first-order valence-electron chi connectivity index (χ1n) is 6.84. The highest BCUT2D eigenvalue weighted by atomic mass is 32.2. The number of amides is 2. The van der Waals surface area contributed by atoms with E-state index < -0.39 is 11.7 Å². The summed E-state index contributed by atoms with van der Waals surface area (Å²) < 4.78 is 18.5. The largest absolute Gasteiger partial charge is 0.462 e. The molecule has 0 saturated carbocycles. The van der Waals surface area contributed by atoms with Gasteiger partial charge in [-0.25, -0.2) is 4.39 Å². The van der Waals surface area contributed by atoms with Crippen LogP contribution in [0.2, 0.25) is 0 Å². The molecule has 1 N–H and O–H groups in total. The highest BCUT2D eigenvalue weighted by Gasteiger charge is 2.35. The summed E-state index contributed by atoms with van der Waals surface area (Å²) in [5.74, 6) is 0.449. The molecule has 3 rings (SSSR count). The molecule has 23 heavy (non-hydrogen) atoms. The maximum absolute atomic E-state index is 13.1. The van der Waals surface area contributed by atoms with Gasteiger partial charge in [0.05, 0.1) is 11.6 Å². The molecule has 1 aliphatic heterocycles. The van der Waals surface area contributed by atoms with Gasteiger partial charge in [-0.3, -0.25) is 14.5 Å². The summed E-state index contributed by atoms with van der Waals surface area (Å²) in [6, 6.07) is 9.32. The van der Waals surface area contributed by atoms with E-state index in [2.05, 4.69) is 5.32 Å². The van der Waals surface area contributed by atoms with Crippen LogP contribution in [0.1, 0.15) is 11.5 Å². The average molecular weight is 332 g/mol. The molecule has 118 valence electrons. The van der Waals surface area contributed by atoms with E-state index in [0.717, 1.165) is 22.4 Å². The van der Waals surface area contributed by atoms with Crippen LogP contribution in [0.4, 0.5) is 14.9 Å². The fraction of sp³-hybridized carbons (Fsp3) is 0.125. The summed E-state index contributed by atoms with van der Waals surface area (Å²) >= 11 is 0.849. The molecule has 5 nitrogen and oxygen atoms in total. The quantitative estimate of drug-likeness (QED) is 0.862. The Kier molecular flexibility index (Phi) is 4.20. The number of thioether (sulfide) groups is 1. The lowest BCUT2D eigenvalue weighted by Crippen LogP contribution is -2.33. The van der Waals surface area contributed by atoms with Crippen LogP contribution in [0, 0.1) is 12.7 Å². The predicted molar refractivity (Wildman–Crippen MR) is 86.1 cm³/mol. The normalized spacial score (nSPS) is 16.4. The molecule has 0 atom stereocenters. The highest BCUT2D eigenvalue weighted by Crippen LogP contribution is 2.32. The van der Waals surface area contributed by atoms with Crippen molar-refractivity contribution in [2.24, 2.45) is 0 Å². The lowest BCUT2D eigenvalue weighted by atomic mass is 10.3. The number of nitrogens with one attached hydrogen (secondary N) is 1. The SMILES string of the molecule is Cc1ccc(/C=C2\SC(=O)N(CNc3cccc(F)c3)C2=O)o1. The van der Waals surface area contributed by atoms with Gasteiger partial charge in [0.2, 0.25) is 0 Å². The first-order chi connectivity index (χ1) is 11.0. The summed E-state index contributed by atoms with van der Waals surface area (Å²) in [4.78, 5) is 25.6. The van der Waals surface area contributed by atoms with Gasteiger partial charge in [0.1, 0.15) is 17.3 Å². The van der Waals surface area contributed by atoms with Gasteiger partial charge in [-0.15, -0.1) is 0 Å². The molecule has 1 aromatic carbocycles. The summed E-state index contributed by atoms with van der Waals surface area (Å²) in [5, 5.41) is 2.48. The van der Waals surface area contributed by atoms with Gasteiger partial charge in [0.15, 0.2) is 0 Å². The molecule has 0 bridgehead atoms. The van der Waals surface area contributed by atoms with E-state index in [0.29, 0.717) is 16.4 Å². The number of anilines is 1. The van der Waals surface area contributed by atoms with Crippen LogP contribution in [0.15, 0.2) is 45.7 Å². The molecule has 1 aliphatic rings. The maximum Gasteiger partial charge on any atom is 0.295 e. The number of hydrogen-bond acceptors (Lipinski definition) is 5. The monoisotopic (exact) mass is 332 g/mol. The van der Waals surface area contributed by atoms with Crippen molar-refractivity contribution in [3.8, 4) is 0 Å². The zero-order valence-electron chi connectivity index (χ0n) is 12.2. The Balaban J connectivity index is 1.70. The van der Waals surface area contributed by atoms with Crippen molar-refractivity contribution < 1.29 is 18.4 Å². The molecule has 0 aliphatic carbocycles. The average Bonchev–Trinajstić information content (AvgIpc) is 3.02. The number of halogens is 1. The highest BCUT2D eigenvalue weighted by molar-refractivity contribution is 8.18. The van der Waals surface area contributed by atoms with Gasteiger partial charge >= 0.3 is 0 Å². The van der Waals surface area contributed by atoms with Crippen molar-refractivity contribution in [1.29, 1.82) is 0 Å². The number of imide groups is 1. The van der Waals surface area contributed by atoms with E-state index in [1.54, 1.807) is 37.3 Å². The minimum absolute atomic E-state index is 0.0252. The number of furan rings is 1. The van der Waals surface area contributed by atoms with Gasteiger partial charge in [0.25, 0.3) is 11.1 Å². The second-order valence-corrected chi connectivity index (χ2v) is 5.90. The fourth-order valence-corrected chi connectivity index (χ4v) is 2.88. The molecule has 2 aromatic rings. The Morgan fingerprint density at radius 2 is 2.13 bits per heavy atom. The van der Waals surface area contributed by atoms with Crippen molar-refractivity contribution in [2.75, 3.05) is 12.0 Å². The Morgan fingerprint density at radius 1 is 1.30 bits per heavy atom. The van der Waals surface area contributed by atoms with E-state index in [9.17, 15) is 14.0 Å². The van der Waals surface area contributed by atoms with Crippen molar-refractivity contribution in [3.63, 3.8) is 0 Å². The van der Waals surface area contributed by atoms with Crippen LogP contribution in [0.25, 0.3) is 6.08 Å². The molecule has 7 heteroatoms. The van der Waals surface area contributed by atoms with E-state index >= 15 is 0 Å². The van der Waals surface area contributed by atoms with Gasteiger partial charge in [-0.2, -0.15) is 0 Å². The number of carbonyl (C=O) groups is 2. The Morgan fingerprint density at radius 3 is 2.83 bits per heavy atom. The zero-order chi connectivity index (χ0) is 16.4. The molecule has 2 amide bonds. The fourth-order valence-electron chi connectivity index (χ4n) is 2.07. The maximum atomic E-state index is 13.1. The predicted octanol–water partition coefficient (Wildman–Crippen LogP) is 3.83. The zero-order valence-corrected chi connectivity index (χ0v) is 13.0. The summed E-state index contributed by atoms with van der Waals surface area (Å²) in [6.45, 7) is 1.77. The number of nitrogens with zero attached hydrogens (tertiary/aromatic N) is 1. The van der Waals surface area contributed by atoms with Crippen LogP contribution < -0.4 is 5.32 Å². The van der Waals surface area contributed by atoms with Crippen molar-refractivity contribution in [3.05, 3.63) is 58.6 Å². The second-order valence-electron chi connectivity index (χ2n) is 4.90. The van der Waals surface area contributed by atoms with Crippen molar-refractivity contribution in [1.82, 2.24) is 4.90 Å². The topological polar surface area (TPSA) is 62.6 Å². The van der Waals surface area contributed by atoms with E-state index in [4.69, 9.17) is 4.42 Å². The Bertz CT molecular complexity index is 800. The van der Waals surface area contributed by atoms with Crippen LogP contribution in [0.5, 0.6) is 0 Å². The van der Waals surface area contributed by atoms with E-state index in [1.165, 1.54) is 12.1 Å². The van der Waals surface area contributed by atoms with Crippen LogP contribution in [-0.2, 0) is 4.79 Å². The first kappa shape index (κ1) is 15.4. The van der Waals surface area contributed by atoms with Crippen molar-refractivity contribution in [2.45, 2.75) is 6.92 Å². The summed E-state index contributed by atoms with van der Waals surface area (Å²) in [7, 11) is 0. The molecule has 0 radical (unpaired) electrons. The molecule has 2 heterocycles. The smallest absolute Gasteiger partial charge is 0.295 e. The van der Waals surface area contributed by atoms with Gasteiger partial charge in [0, 0.05) is 11.8 Å². The second kappa shape index (κ2) is 6.29. The van der Waals surface area contributed by atoms with E-state index in [1.807, 2.05) is 0 Å². The minimum Gasteiger partial charge on any atom is -0.462 e. The van der Waals surface area contributed by atoms with Crippen LogP contribution in [-0.4, -0.2) is 22.7 Å². The Hall–Kier alpha value is -2.54. The lowest BCUT2D eigenvalue weighted by molar-refractivity contribution is -0.122. The summed E-state index contributed by atoms with van der Waals surface area (Å²) in [5.41, 5.74) is 0.495. The van der Waals surface area contributed by atoms with Crippen LogP contribution in [0.3, 0.4) is 0 Å². The van der Waals surface area contributed by atoms with E-state index in [-0.39, 0.29) is 11.9 Å². The number of aryl methyl sites for hydroxylation is 1. The molecule has 1 aromatic heterocycles. The third-order valence-corrected chi connectivity index (χ3v) is 4.08. The minimum atomic E-state index is -0.405. The number of benzene rings is 1. The first-order valence-corrected chi connectivity index (χ1v) is 7.66. The molecular weight excluding hydrogens is 319 g/mol. The lowest BCUT2D eigenvalue weighted by Gasteiger charge is -2.14. The van der Waals surface area contributed by atoms with Crippen molar-refractivity contribution >= 4 is 34.7 Å². The molecule has 1 fully saturated rings. The van der Waals surface area contributed by atoms with Gasteiger partial charge in [-0.05, 0) is 49.0 Å². The van der Waals surface area contributed by atoms with Gasteiger partial charge in [-0.1, -0.05) is 6.07 Å². The van der Waals surface area contributed by atoms with Crippen LogP contribution >= 0.6 is 11.8 Å². The molecule has 1 saturated heterocycles. The summed E-state index contributed by atoms with van der Waals surface area (Å²) in [6.07, 6.45) is 1.54. The number of carbonyl (C=O) groups excluding carboxylic acids is 2. The number of hydrogen-bond donors (Lipinski definition) is 1.